The van der Waals surface area contributed by atoms with Gasteiger partial charge in [0.25, 0.3) is 0 Å². The van der Waals surface area contributed by atoms with Gasteiger partial charge in [-0.2, -0.15) is 0 Å². The second-order valence-electron chi connectivity index (χ2n) is 5.20. The third-order valence-corrected chi connectivity index (χ3v) is 4.15. The largest absolute Gasteiger partial charge is 0.377 e. The molecular weight excluding hydrogens is 292 g/mol. The zero-order chi connectivity index (χ0) is 13.2. The molecule has 4 heteroatoms. The molecular formula is C14H21BrN2O. The Kier molecular flexibility index (Phi) is 4.30. The van der Waals surface area contributed by atoms with Gasteiger partial charge < -0.3 is 15.4 Å². The van der Waals surface area contributed by atoms with E-state index in [9.17, 15) is 0 Å². The van der Waals surface area contributed by atoms with Crippen molar-refractivity contribution in [1.29, 1.82) is 0 Å². The molecule has 1 unspecified atom stereocenters. The number of nitrogens with two attached hydrogens (primary N) is 1. The third kappa shape index (κ3) is 3.05. The van der Waals surface area contributed by atoms with E-state index in [0.717, 1.165) is 36.0 Å². The van der Waals surface area contributed by atoms with Crippen LogP contribution < -0.4 is 10.6 Å². The van der Waals surface area contributed by atoms with Crippen LogP contribution in [-0.4, -0.2) is 25.8 Å². The number of rotatable bonds is 3. The summed E-state index contributed by atoms with van der Waals surface area (Å²) in [5.41, 5.74) is 8.08. The van der Waals surface area contributed by atoms with Crippen LogP contribution in [0.2, 0.25) is 0 Å². The first-order valence-corrected chi connectivity index (χ1v) is 7.15. The minimum atomic E-state index is -0.0382. The van der Waals surface area contributed by atoms with Crippen molar-refractivity contribution in [3.8, 4) is 0 Å². The number of hydrogen-bond acceptors (Lipinski definition) is 3. The summed E-state index contributed by atoms with van der Waals surface area (Å²) in [6.45, 7) is 4.77. The Morgan fingerprint density at radius 2 is 2.22 bits per heavy atom. The SMILES string of the molecule is COC1(C)CCCN(c2cc(Br)cc(CN)c2)C1. The molecule has 2 rings (SSSR count). The molecule has 18 heavy (non-hydrogen) atoms. The number of anilines is 1. The standard InChI is InChI=1S/C14H21BrN2O/c1-14(18-2)4-3-5-17(10-14)13-7-11(9-16)6-12(15)8-13/h6-8H,3-5,9-10,16H2,1-2H3. The van der Waals surface area contributed by atoms with E-state index >= 15 is 0 Å². The Labute approximate surface area is 117 Å². The molecule has 1 aliphatic heterocycles. The van der Waals surface area contributed by atoms with Gasteiger partial charge in [-0.1, -0.05) is 15.9 Å². The number of methoxy groups -OCH3 is 1. The molecule has 0 aromatic heterocycles. The minimum Gasteiger partial charge on any atom is -0.377 e. The van der Waals surface area contributed by atoms with Crippen LogP contribution in [-0.2, 0) is 11.3 Å². The molecule has 0 spiro atoms. The van der Waals surface area contributed by atoms with Gasteiger partial charge in [0.1, 0.15) is 0 Å². The van der Waals surface area contributed by atoms with Crippen molar-refractivity contribution in [2.24, 2.45) is 5.73 Å². The first-order valence-electron chi connectivity index (χ1n) is 6.36. The Hall–Kier alpha value is -0.580. The molecule has 0 saturated carbocycles. The van der Waals surface area contributed by atoms with E-state index in [1.807, 2.05) is 0 Å². The molecule has 3 nitrogen and oxygen atoms in total. The first kappa shape index (κ1) is 13.8. The van der Waals surface area contributed by atoms with Gasteiger partial charge in [-0.05, 0) is 43.5 Å². The molecule has 1 heterocycles. The summed E-state index contributed by atoms with van der Waals surface area (Å²) in [6.07, 6.45) is 2.28. The monoisotopic (exact) mass is 312 g/mol. The van der Waals surface area contributed by atoms with Gasteiger partial charge in [0, 0.05) is 36.9 Å². The molecule has 2 N–H and O–H groups in total. The number of ether oxygens (including phenoxy) is 1. The molecule has 1 fully saturated rings. The average Bonchev–Trinajstić information content (AvgIpc) is 2.38. The number of halogens is 1. The van der Waals surface area contributed by atoms with Crippen molar-refractivity contribution >= 4 is 21.6 Å². The number of piperidine rings is 1. The second kappa shape index (κ2) is 5.59. The molecule has 1 aromatic carbocycles. The number of benzene rings is 1. The Bertz CT molecular complexity index is 424. The van der Waals surface area contributed by atoms with Gasteiger partial charge in [-0.25, -0.2) is 0 Å². The normalized spacial score (nSPS) is 24.3. The lowest BCUT2D eigenvalue weighted by molar-refractivity contribution is -0.00465. The van der Waals surface area contributed by atoms with Crippen LogP contribution in [0.1, 0.15) is 25.3 Å². The van der Waals surface area contributed by atoms with E-state index in [2.05, 4.69) is 46.0 Å². The first-order chi connectivity index (χ1) is 8.56. The minimum absolute atomic E-state index is 0.0382. The summed E-state index contributed by atoms with van der Waals surface area (Å²) in [5, 5.41) is 0. The summed E-state index contributed by atoms with van der Waals surface area (Å²) in [6, 6.07) is 6.40. The molecule has 0 bridgehead atoms. The highest BCUT2D eigenvalue weighted by atomic mass is 79.9. The number of nitrogens with zero attached hydrogens (tertiary/aromatic N) is 1. The fourth-order valence-corrected chi connectivity index (χ4v) is 3.06. The van der Waals surface area contributed by atoms with Crippen molar-refractivity contribution < 1.29 is 4.74 Å². The Morgan fingerprint density at radius 3 is 2.89 bits per heavy atom. The van der Waals surface area contributed by atoms with Gasteiger partial charge in [0.05, 0.1) is 5.60 Å². The van der Waals surface area contributed by atoms with E-state index < -0.39 is 0 Å². The van der Waals surface area contributed by atoms with Gasteiger partial charge in [0.2, 0.25) is 0 Å². The Morgan fingerprint density at radius 1 is 1.44 bits per heavy atom. The lowest BCUT2D eigenvalue weighted by Gasteiger charge is -2.40. The van der Waals surface area contributed by atoms with Crippen molar-refractivity contribution in [1.82, 2.24) is 0 Å². The fraction of sp³-hybridized carbons (Fsp3) is 0.571. The van der Waals surface area contributed by atoms with E-state index in [4.69, 9.17) is 10.5 Å². The van der Waals surface area contributed by atoms with E-state index in [0.29, 0.717) is 6.54 Å². The smallest absolute Gasteiger partial charge is 0.0825 e. The maximum atomic E-state index is 5.73. The van der Waals surface area contributed by atoms with E-state index in [1.54, 1.807) is 7.11 Å². The molecule has 0 radical (unpaired) electrons. The van der Waals surface area contributed by atoms with Crippen molar-refractivity contribution in [2.45, 2.75) is 31.9 Å². The lowest BCUT2D eigenvalue weighted by atomic mass is 9.94. The predicted molar refractivity (Wildman–Crippen MR) is 78.9 cm³/mol. The highest BCUT2D eigenvalue weighted by Crippen LogP contribution is 2.30. The van der Waals surface area contributed by atoms with Crippen LogP contribution in [0.4, 0.5) is 5.69 Å². The van der Waals surface area contributed by atoms with Gasteiger partial charge in [-0.15, -0.1) is 0 Å². The van der Waals surface area contributed by atoms with Crippen LogP contribution in [0.15, 0.2) is 22.7 Å². The van der Waals surface area contributed by atoms with Crippen LogP contribution >= 0.6 is 15.9 Å². The molecule has 1 aromatic rings. The zero-order valence-corrected chi connectivity index (χ0v) is 12.7. The quantitative estimate of drug-likeness (QED) is 0.932. The van der Waals surface area contributed by atoms with Crippen LogP contribution in [0.3, 0.4) is 0 Å². The fourth-order valence-electron chi connectivity index (χ4n) is 2.53. The number of hydrogen-bond donors (Lipinski definition) is 1. The second-order valence-corrected chi connectivity index (χ2v) is 6.12. The van der Waals surface area contributed by atoms with Crippen LogP contribution in [0.25, 0.3) is 0 Å². The molecule has 0 amide bonds. The van der Waals surface area contributed by atoms with Crippen LogP contribution in [0.5, 0.6) is 0 Å². The van der Waals surface area contributed by atoms with E-state index in [-0.39, 0.29) is 5.60 Å². The highest BCUT2D eigenvalue weighted by Gasteiger charge is 2.30. The van der Waals surface area contributed by atoms with Crippen LogP contribution in [0, 0.1) is 0 Å². The van der Waals surface area contributed by atoms with Crippen molar-refractivity contribution in [3.05, 3.63) is 28.2 Å². The lowest BCUT2D eigenvalue weighted by Crippen LogP contribution is -2.47. The maximum absolute atomic E-state index is 5.73. The predicted octanol–water partition coefficient (Wildman–Crippen LogP) is 2.91. The van der Waals surface area contributed by atoms with Crippen molar-refractivity contribution in [3.63, 3.8) is 0 Å². The molecule has 100 valence electrons. The summed E-state index contributed by atoms with van der Waals surface area (Å²) in [4.78, 5) is 2.39. The highest BCUT2D eigenvalue weighted by molar-refractivity contribution is 9.10. The molecule has 1 saturated heterocycles. The summed E-state index contributed by atoms with van der Waals surface area (Å²) >= 11 is 3.55. The Balaban J connectivity index is 2.23. The van der Waals surface area contributed by atoms with E-state index in [1.165, 1.54) is 5.69 Å². The zero-order valence-electron chi connectivity index (χ0n) is 11.1. The van der Waals surface area contributed by atoms with Gasteiger partial charge in [0.15, 0.2) is 0 Å². The summed E-state index contributed by atoms with van der Waals surface area (Å²) in [7, 11) is 1.80. The molecule has 1 atom stereocenters. The summed E-state index contributed by atoms with van der Waals surface area (Å²) < 4.78 is 6.73. The van der Waals surface area contributed by atoms with Crippen molar-refractivity contribution in [2.75, 3.05) is 25.1 Å². The molecule has 1 aliphatic rings. The topological polar surface area (TPSA) is 38.5 Å². The van der Waals surface area contributed by atoms with Gasteiger partial charge in [-0.3, -0.25) is 0 Å². The summed E-state index contributed by atoms with van der Waals surface area (Å²) in [5.74, 6) is 0. The van der Waals surface area contributed by atoms with Gasteiger partial charge >= 0.3 is 0 Å². The molecule has 0 aliphatic carbocycles. The average molecular weight is 313 g/mol. The third-order valence-electron chi connectivity index (χ3n) is 3.69. The maximum Gasteiger partial charge on any atom is 0.0825 e.